The number of aryl methyl sites for hydroxylation is 1. The van der Waals surface area contributed by atoms with Gasteiger partial charge in [0.05, 0.1) is 16.5 Å². The third kappa shape index (κ3) is 4.49. The summed E-state index contributed by atoms with van der Waals surface area (Å²) < 4.78 is 26.6. The zero-order chi connectivity index (χ0) is 21.2. The molecule has 1 aliphatic rings. The van der Waals surface area contributed by atoms with Gasteiger partial charge in [0.15, 0.2) is 5.13 Å². The van der Waals surface area contributed by atoms with Crippen LogP contribution in [0.3, 0.4) is 0 Å². The number of hydrogen-bond acceptors (Lipinski definition) is 6. The normalized spacial score (nSPS) is 17.2. The van der Waals surface area contributed by atoms with Gasteiger partial charge >= 0.3 is 0 Å². The Morgan fingerprint density at radius 3 is 2.48 bits per heavy atom. The Kier molecular flexibility index (Phi) is 6.35. The zero-order valence-electron chi connectivity index (χ0n) is 16.6. The van der Waals surface area contributed by atoms with Crippen molar-refractivity contribution in [1.29, 1.82) is 0 Å². The van der Waals surface area contributed by atoms with Gasteiger partial charge in [0.25, 0.3) is 0 Å². The highest BCUT2D eigenvalue weighted by Crippen LogP contribution is 2.28. The Morgan fingerprint density at radius 2 is 1.93 bits per heavy atom. The molecule has 3 rings (SSSR count). The maximum absolute atomic E-state index is 12.6. The Balaban J connectivity index is 1.71. The minimum absolute atomic E-state index is 0.107. The van der Waals surface area contributed by atoms with Gasteiger partial charge in [-0.3, -0.25) is 9.59 Å². The van der Waals surface area contributed by atoms with Crippen molar-refractivity contribution < 1.29 is 18.0 Å². The summed E-state index contributed by atoms with van der Waals surface area (Å²) in [6.07, 6.45) is 0.107. The summed E-state index contributed by atoms with van der Waals surface area (Å²) >= 11 is 1.34. The van der Waals surface area contributed by atoms with E-state index < -0.39 is 15.9 Å². The van der Waals surface area contributed by atoms with E-state index in [1.807, 2.05) is 12.3 Å². The van der Waals surface area contributed by atoms with Gasteiger partial charge in [-0.25, -0.2) is 13.4 Å². The van der Waals surface area contributed by atoms with Gasteiger partial charge in [-0.05, 0) is 31.2 Å². The van der Waals surface area contributed by atoms with Crippen molar-refractivity contribution in [2.75, 3.05) is 29.9 Å². The molecule has 29 heavy (non-hydrogen) atoms. The molecule has 1 atom stereocenters. The summed E-state index contributed by atoms with van der Waals surface area (Å²) in [6.45, 7) is 6.45. The fraction of sp³-hybridized carbons (Fsp3) is 0.421. The quantitative estimate of drug-likeness (QED) is 0.719. The standard InChI is InChI=1S/C19H24N4O4S2/c1-4-22(5-2)29(26,27)16-8-6-15(7-9-16)23-11-14(10-17(23)24)18(25)21-19-20-13(3)12-28-19/h6-9,12,14H,4-5,10-11H2,1-3H3,(H,20,21,25)/t14-/m0/s1. The van der Waals surface area contributed by atoms with Gasteiger partial charge in [-0.15, -0.1) is 11.3 Å². The first-order chi connectivity index (χ1) is 13.8. The van der Waals surface area contributed by atoms with Gasteiger partial charge in [0.1, 0.15) is 0 Å². The van der Waals surface area contributed by atoms with Gasteiger partial charge < -0.3 is 10.2 Å². The molecule has 1 aliphatic heterocycles. The van der Waals surface area contributed by atoms with E-state index in [1.165, 1.54) is 32.7 Å². The van der Waals surface area contributed by atoms with Crippen molar-refractivity contribution >= 4 is 44.0 Å². The van der Waals surface area contributed by atoms with E-state index in [0.717, 1.165) is 5.69 Å². The van der Waals surface area contributed by atoms with E-state index >= 15 is 0 Å². The summed E-state index contributed by atoms with van der Waals surface area (Å²) in [5.74, 6) is -0.887. The number of sulfonamides is 1. The second-order valence-electron chi connectivity index (χ2n) is 6.77. The molecular formula is C19H24N4O4S2. The van der Waals surface area contributed by atoms with Crippen LogP contribution >= 0.6 is 11.3 Å². The van der Waals surface area contributed by atoms with E-state index in [-0.39, 0.29) is 29.7 Å². The van der Waals surface area contributed by atoms with Crippen LogP contribution in [0.2, 0.25) is 0 Å². The van der Waals surface area contributed by atoms with Crippen molar-refractivity contribution in [2.45, 2.75) is 32.1 Å². The van der Waals surface area contributed by atoms with E-state index in [2.05, 4.69) is 10.3 Å². The lowest BCUT2D eigenvalue weighted by Gasteiger charge is -2.20. The molecule has 0 aliphatic carbocycles. The highest BCUT2D eigenvalue weighted by molar-refractivity contribution is 7.89. The SMILES string of the molecule is CCN(CC)S(=O)(=O)c1ccc(N2C[C@@H](C(=O)Nc3nc(C)cs3)CC2=O)cc1. The largest absolute Gasteiger partial charge is 0.312 e. The first-order valence-corrected chi connectivity index (χ1v) is 11.7. The van der Waals surface area contributed by atoms with Gasteiger partial charge in [-0.2, -0.15) is 4.31 Å². The number of amides is 2. The second kappa shape index (κ2) is 8.60. The molecule has 2 heterocycles. The minimum Gasteiger partial charge on any atom is -0.312 e. The Bertz CT molecular complexity index is 997. The first kappa shape index (κ1) is 21.4. The highest BCUT2D eigenvalue weighted by atomic mass is 32.2. The third-order valence-corrected chi connectivity index (χ3v) is 7.78. The van der Waals surface area contributed by atoms with Crippen LogP contribution in [0.15, 0.2) is 34.5 Å². The van der Waals surface area contributed by atoms with Crippen LogP contribution in [0.5, 0.6) is 0 Å². The van der Waals surface area contributed by atoms with Gasteiger partial charge in [-0.1, -0.05) is 13.8 Å². The lowest BCUT2D eigenvalue weighted by molar-refractivity contribution is -0.122. The molecule has 2 amide bonds. The molecule has 10 heteroatoms. The van der Waals surface area contributed by atoms with Crippen molar-refractivity contribution in [2.24, 2.45) is 5.92 Å². The molecular weight excluding hydrogens is 412 g/mol. The molecule has 1 fully saturated rings. The summed E-state index contributed by atoms with van der Waals surface area (Å²) in [5.41, 5.74) is 1.41. The predicted octanol–water partition coefficient (Wildman–Crippen LogP) is 2.47. The number of nitrogens with one attached hydrogen (secondary N) is 1. The Labute approximate surface area is 174 Å². The smallest absolute Gasteiger partial charge is 0.243 e. The monoisotopic (exact) mass is 436 g/mol. The molecule has 1 N–H and O–H groups in total. The number of anilines is 2. The molecule has 0 unspecified atom stereocenters. The molecule has 0 radical (unpaired) electrons. The topological polar surface area (TPSA) is 99.7 Å². The second-order valence-corrected chi connectivity index (χ2v) is 9.57. The number of aromatic nitrogens is 1. The van der Waals surface area contributed by atoms with Crippen molar-refractivity contribution in [3.05, 3.63) is 35.3 Å². The Morgan fingerprint density at radius 1 is 1.28 bits per heavy atom. The van der Waals surface area contributed by atoms with E-state index in [9.17, 15) is 18.0 Å². The maximum atomic E-state index is 12.6. The molecule has 0 saturated carbocycles. The number of benzene rings is 1. The van der Waals surface area contributed by atoms with E-state index in [0.29, 0.717) is 23.9 Å². The van der Waals surface area contributed by atoms with Crippen molar-refractivity contribution in [1.82, 2.24) is 9.29 Å². The van der Waals surface area contributed by atoms with Crippen molar-refractivity contribution in [3.63, 3.8) is 0 Å². The van der Waals surface area contributed by atoms with Crippen molar-refractivity contribution in [3.8, 4) is 0 Å². The van der Waals surface area contributed by atoms with Gasteiger partial charge in [0.2, 0.25) is 21.8 Å². The summed E-state index contributed by atoms with van der Waals surface area (Å²) in [6, 6.07) is 6.22. The van der Waals surface area contributed by atoms with Crippen LogP contribution in [-0.4, -0.2) is 49.2 Å². The maximum Gasteiger partial charge on any atom is 0.243 e. The number of carbonyl (C=O) groups excluding carboxylic acids is 2. The molecule has 0 spiro atoms. The number of carbonyl (C=O) groups is 2. The Hall–Kier alpha value is -2.30. The van der Waals surface area contributed by atoms with Crippen LogP contribution < -0.4 is 10.2 Å². The average molecular weight is 437 g/mol. The van der Waals surface area contributed by atoms with Crippen LogP contribution in [0.4, 0.5) is 10.8 Å². The van der Waals surface area contributed by atoms with Crippen LogP contribution in [-0.2, 0) is 19.6 Å². The van der Waals surface area contributed by atoms with E-state index in [4.69, 9.17) is 0 Å². The minimum atomic E-state index is -3.55. The lowest BCUT2D eigenvalue weighted by Crippen LogP contribution is -2.31. The fourth-order valence-electron chi connectivity index (χ4n) is 3.26. The van der Waals surface area contributed by atoms with Crippen LogP contribution in [0.25, 0.3) is 0 Å². The lowest BCUT2D eigenvalue weighted by atomic mass is 10.1. The van der Waals surface area contributed by atoms with E-state index in [1.54, 1.807) is 26.0 Å². The van der Waals surface area contributed by atoms with Crippen LogP contribution in [0, 0.1) is 12.8 Å². The first-order valence-electron chi connectivity index (χ1n) is 9.39. The molecule has 1 aromatic heterocycles. The zero-order valence-corrected chi connectivity index (χ0v) is 18.2. The number of rotatable bonds is 7. The van der Waals surface area contributed by atoms with Crippen LogP contribution in [0.1, 0.15) is 26.0 Å². The molecule has 0 bridgehead atoms. The predicted molar refractivity (Wildman–Crippen MR) is 112 cm³/mol. The molecule has 1 saturated heterocycles. The summed E-state index contributed by atoms with van der Waals surface area (Å²) in [4.78, 5) is 30.8. The summed E-state index contributed by atoms with van der Waals surface area (Å²) in [7, 11) is -3.55. The number of thiazole rings is 1. The average Bonchev–Trinajstić information content (AvgIpc) is 3.28. The molecule has 156 valence electrons. The number of hydrogen-bond donors (Lipinski definition) is 1. The molecule has 1 aromatic carbocycles. The number of nitrogens with zero attached hydrogens (tertiary/aromatic N) is 3. The highest BCUT2D eigenvalue weighted by Gasteiger charge is 2.35. The molecule has 8 nitrogen and oxygen atoms in total. The fourth-order valence-corrected chi connectivity index (χ4v) is 5.41. The molecule has 2 aromatic rings. The van der Waals surface area contributed by atoms with Gasteiger partial charge in [0, 0.05) is 37.1 Å². The third-order valence-electron chi connectivity index (χ3n) is 4.84. The summed E-state index contributed by atoms with van der Waals surface area (Å²) in [5, 5.41) is 5.12.